The Morgan fingerprint density at radius 2 is 1.78 bits per heavy atom. The van der Waals surface area contributed by atoms with Crippen LogP contribution in [0.15, 0.2) is 60.7 Å². The van der Waals surface area contributed by atoms with E-state index < -0.39 is 29.5 Å². The molecule has 1 aliphatic carbocycles. The number of nitrogens with one attached hydrogen (secondary N) is 1. The predicted molar refractivity (Wildman–Crippen MR) is 131 cm³/mol. The lowest BCUT2D eigenvalue weighted by atomic mass is 10.0. The van der Waals surface area contributed by atoms with E-state index in [1.807, 2.05) is 42.7 Å². The van der Waals surface area contributed by atoms with E-state index >= 15 is 0 Å². The Kier molecular flexibility index (Phi) is 7.24. The summed E-state index contributed by atoms with van der Waals surface area (Å²) in [6, 6.07) is 17.0. The molecule has 0 saturated heterocycles. The fourth-order valence-electron chi connectivity index (χ4n) is 4.77. The number of anilines is 1. The Labute approximate surface area is 208 Å². The second-order valence-corrected chi connectivity index (χ2v) is 9.56. The highest BCUT2D eigenvalue weighted by Gasteiger charge is 2.45. The van der Waals surface area contributed by atoms with Crippen molar-refractivity contribution in [2.75, 3.05) is 5.32 Å². The summed E-state index contributed by atoms with van der Waals surface area (Å²) in [5.41, 5.74) is 1.61. The van der Waals surface area contributed by atoms with E-state index in [4.69, 9.17) is 0 Å². The van der Waals surface area contributed by atoms with Gasteiger partial charge in [-0.1, -0.05) is 36.4 Å². The Morgan fingerprint density at radius 1 is 1.06 bits per heavy atom. The molecule has 1 heterocycles. The lowest BCUT2D eigenvalue weighted by molar-refractivity contribution is -0.139. The van der Waals surface area contributed by atoms with E-state index in [2.05, 4.69) is 17.4 Å². The maximum Gasteiger partial charge on any atom is 0.418 e. The fraction of sp³-hybridized carbons (Fsp3) is 0.357. The van der Waals surface area contributed by atoms with Crippen LogP contribution in [0.3, 0.4) is 0 Å². The molecule has 36 heavy (non-hydrogen) atoms. The first kappa shape index (κ1) is 25.5. The number of halogens is 3. The number of hydrogen-bond donors (Lipinski definition) is 2. The number of benzene rings is 2. The van der Waals surface area contributed by atoms with Gasteiger partial charge in [0, 0.05) is 11.7 Å². The molecule has 2 aromatic carbocycles. The number of carboxylic acids is 1. The quantitative estimate of drug-likeness (QED) is 0.345. The van der Waals surface area contributed by atoms with Crippen molar-refractivity contribution < 1.29 is 27.9 Å². The number of aromatic nitrogens is 1. The van der Waals surface area contributed by atoms with Gasteiger partial charge in [-0.3, -0.25) is 9.59 Å². The number of alkyl halides is 3. The summed E-state index contributed by atoms with van der Waals surface area (Å²) in [4.78, 5) is 24.4. The van der Waals surface area contributed by atoms with Crippen LogP contribution in [-0.4, -0.2) is 21.6 Å². The Bertz CT molecular complexity index is 1250. The minimum absolute atomic E-state index is 0.0660. The molecule has 4 rings (SSSR count). The van der Waals surface area contributed by atoms with Gasteiger partial charge in [-0.2, -0.15) is 13.2 Å². The van der Waals surface area contributed by atoms with Gasteiger partial charge in [0.1, 0.15) is 5.69 Å². The second kappa shape index (κ2) is 10.2. The minimum atomic E-state index is -4.67. The first-order valence-corrected chi connectivity index (χ1v) is 12.1. The van der Waals surface area contributed by atoms with Crippen molar-refractivity contribution in [3.8, 4) is 0 Å². The summed E-state index contributed by atoms with van der Waals surface area (Å²) in [6.07, 6.45) is -1.82. The average molecular weight is 499 g/mol. The lowest BCUT2D eigenvalue weighted by Gasteiger charge is -2.19. The van der Waals surface area contributed by atoms with Gasteiger partial charge in [0.25, 0.3) is 5.91 Å². The molecule has 1 aliphatic rings. The highest BCUT2D eigenvalue weighted by atomic mass is 19.4. The topological polar surface area (TPSA) is 71.3 Å². The minimum Gasteiger partial charge on any atom is -0.481 e. The molecule has 3 aromatic rings. The SMILES string of the molecule is CC(C)n1c(CCCc2ccccc2)ccc1C(=O)Nc1cc([C@@H]2C[C@@H]2C(=O)O)ccc1C(F)(F)F. The van der Waals surface area contributed by atoms with Crippen LogP contribution in [0.2, 0.25) is 0 Å². The summed E-state index contributed by atoms with van der Waals surface area (Å²) < 4.78 is 42.9. The number of rotatable bonds is 9. The monoisotopic (exact) mass is 498 g/mol. The maximum atomic E-state index is 13.7. The molecule has 5 nitrogen and oxygen atoms in total. The molecule has 2 N–H and O–H groups in total. The number of carboxylic acid groups (broad SMARTS) is 1. The highest BCUT2D eigenvalue weighted by Crippen LogP contribution is 2.49. The summed E-state index contributed by atoms with van der Waals surface area (Å²) in [5.74, 6) is -2.57. The number of carbonyl (C=O) groups excluding carboxylic acids is 1. The third kappa shape index (κ3) is 5.64. The van der Waals surface area contributed by atoms with Crippen molar-refractivity contribution >= 4 is 17.6 Å². The van der Waals surface area contributed by atoms with Gasteiger partial charge in [-0.25, -0.2) is 0 Å². The maximum absolute atomic E-state index is 13.7. The Morgan fingerprint density at radius 3 is 2.39 bits per heavy atom. The molecule has 0 spiro atoms. The zero-order valence-corrected chi connectivity index (χ0v) is 20.2. The Hall–Kier alpha value is -3.55. The van der Waals surface area contributed by atoms with E-state index in [1.165, 1.54) is 17.7 Å². The first-order chi connectivity index (χ1) is 17.1. The van der Waals surface area contributed by atoms with Crippen molar-refractivity contribution in [2.24, 2.45) is 5.92 Å². The standard InChI is InChI=1S/C28H29F3N2O3/c1-17(2)33-20(10-6-9-18-7-4-3-5-8-18)12-14-25(33)26(34)32-24-15-19(21-16-22(21)27(35)36)11-13-23(24)28(29,30)31/h3-5,7-8,11-15,17,21-22H,6,9-10,16H2,1-2H3,(H,32,34)(H,35,36)/t21-,22-/m0/s1. The summed E-state index contributed by atoms with van der Waals surface area (Å²) in [7, 11) is 0. The van der Waals surface area contributed by atoms with E-state index in [-0.39, 0.29) is 23.3 Å². The van der Waals surface area contributed by atoms with Gasteiger partial charge < -0.3 is 15.0 Å². The highest BCUT2D eigenvalue weighted by molar-refractivity contribution is 6.04. The van der Waals surface area contributed by atoms with E-state index in [0.717, 1.165) is 31.0 Å². The zero-order valence-electron chi connectivity index (χ0n) is 20.2. The Balaban J connectivity index is 1.55. The molecule has 1 saturated carbocycles. The molecule has 0 unspecified atom stereocenters. The molecule has 0 aliphatic heterocycles. The number of aliphatic carboxylic acids is 1. The second-order valence-electron chi connectivity index (χ2n) is 9.56. The van der Waals surface area contributed by atoms with Crippen LogP contribution >= 0.6 is 0 Å². The smallest absolute Gasteiger partial charge is 0.418 e. The van der Waals surface area contributed by atoms with Crippen molar-refractivity contribution in [3.63, 3.8) is 0 Å². The largest absolute Gasteiger partial charge is 0.481 e. The number of nitrogens with zero attached hydrogens (tertiary/aromatic N) is 1. The van der Waals surface area contributed by atoms with E-state index in [1.54, 1.807) is 6.07 Å². The van der Waals surface area contributed by atoms with Crippen LogP contribution < -0.4 is 5.32 Å². The molecule has 1 aromatic heterocycles. The molecule has 0 bridgehead atoms. The average Bonchev–Trinajstić information content (AvgIpc) is 3.51. The van der Waals surface area contributed by atoms with Gasteiger partial charge >= 0.3 is 12.1 Å². The van der Waals surface area contributed by atoms with Crippen molar-refractivity contribution in [1.29, 1.82) is 0 Å². The van der Waals surface area contributed by atoms with Gasteiger partial charge in [-0.15, -0.1) is 0 Å². The molecule has 8 heteroatoms. The molecule has 1 fully saturated rings. The molecule has 0 radical (unpaired) electrons. The van der Waals surface area contributed by atoms with Crippen LogP contribution in [0.5, 0.6) is 0 Å². The number of amides is 1. The molecule has 2 atom stereocenters. The van der Waals surface area contributed by atoms with Crippen LogP contribution in [-0.2, 0) is 23.8 Å². The molecular weight excluding hydrogens is 469 g/mol. The lowest BCUT2D eigenvalue weighted by Crippen LogP contribution is -2.21. The number of hydrogen-bond acceptors (Lipinski definition) is 2. The first-order valence-electron chi connectivity index (χ1n) is 12.1. The van der Waals surface area contributed by atoms with E-state index in [9.17, 15) is 27.9 Å². The van der Waals surface area contributed by atoms with Crippen LogP contribution in [0.4, 0.5) is 18.9 Å². The number of carbonyl (C=O) groups is 2. The molecule has 1 amide bonds. The normalized spacial score (nSPS) is 17.3. The van der Waals surface area contributed by atoms with Crippen molar-refractivity contribution in [1.82, 2.24) is 4.57 Å². The van der Waals surface area contributed by atoms with Crippen LogP contribution in [0.25, 0.3) is 0 Å². The van der Waals surface area contributed by atoms with Crippen LogP contribution in [0, 0.1) is 5.92 Å². The van der Waals surface area contributed by atoms with Gasteiger partial charge in [0.2, 0.25) is 0 Å². The summed E-state index contributed by atoms with van der Waals surface area (Å²) >= 11 is 0. The van der Waals surface area contributed by atoms with Crippen LogP contribution in [0.1, 0.15) is 71.5 Å². The molecular formula is C28H29F3N2O3. The van der Waals surface area contributed by atoms with Crippen molar-refractivity contribution in [2.45, 2.75) is 57.7 Å². The van der Waals surface area contributed by atoms with E-state index in [0.29, 0.717) is 12.0 Å². The number of aryl methyl sites for hydroxylation is 2. The predicted octanol–water partition coefficient (Wildman–Crippen LogP) is 6.70. The fourth-order valence-corrected chi connectivity index (χ4v) is 4.77. The third-order valence-electron chi connectivity index (χ3n) is 6.63. The summed E-state index contributed by atoms with van der Waals surface area (Å²) in [5, 5.41) is 11.7. The zero-order chi connectivity index (χ0) is 26.0. The van der Waals surface area contributed by atoms with Gasteiger partial charge in [0.15, 0.2) is 0 Å². The summed E-state index contributed by atoms with van der Waals surface area (Å²) in [6.45, 7) is 3.86. The van der Waals surface area contributed by atoms with Gasteiger partial charge in [0.05, 0.1) is 17.2 Å². The molecule has 190 valence electrons. The van der Waals surface area contributed by atoms with Gasteiger partial charge in [-0.05, 0) is 80.8 Å². The third-order valence-corrected chi connectivity index (χ3v) is 6.63. The van der Waals surface area contributed by atoms with Crippen molar-refractivity contribution in [3.05, 3.63) is 88.7 Å².